The number of hydrogen-bond donors (Lipinski definition) is 2. The molecular formula is C28H37N3O6. The first kappa shape index (κ1) is 29.5. The second-order valence-electron chi connectivity index (χ2n) is 9.85. The fourth-order valence-corrected chi connectivity index (χ4v) is 4.36. The summed E-state index contributed by atoms with van der Waals surface area (Å²) in [6.45, 7) is 12.4. The number of nitrogens with one attached hydrogen (secondary N) is 2. The molecule has 0 saturated carbocycles. The topological polar surface area (TPSA) is 122 Å². The molecule has 2 rings (SSSR count). The van der Waals surface area contributed by atoms with E-state index in [9.17, 15) is 24.0 Å². The maximum absolute atomic E-state index is 12.9. The van der Waals surface area contributed by atoms with Crippen molar-refractivity contribution < 1.29 is 28.7 Å². The third-order valence-corrected chi connectivity index (χ3v) is 6.48. The van der Waals surface area contributed by atoms with Crippen LogP contribution in [-0.2, 0) is 23.9 Å². The molecule has 1 aliphatic heterocycles. The average molecular weight is 512 g/mol. The van der Waals surface area contributed by atoms with Gasteiger partial charge < -0.3 is 20.3 Å². The molecule has 4 atom stereocenters. The van der Waals surface area contributed by atoms with Crippen molar-refractivity contribution in [2.24, 2.45) is 11.8 Å². The summed E-state index contributed by atoms with van der Waals surface area (Å²) < 4.78 is 5.79. The van der Waals surface area contributed by atoms with Crippen molar-refractivity contribution >= 4 is 36.1 Å². The monoisotopic (exact) mass is 511 g/mol. The Balaban J connectivity index is 2.41. The molecule has 1 fully saturated rings. The number of esters is 1. The van der Waals surface area contributed by atoms with Gasteiger partial charge in [-0.3, -0.25) is 24.0 Å². The zero-order valence-corrected chi connectivity index (χ0v) is 22.4. The highest BCUT2D eigenvalue weighted by Crippen LogP contribution is 2.26. The molecule has 1 aromatic rings. The van der Waals surface area contributed by atoms with Gasteiger partial charge in [-0.1, -0.05) is 63.3 Å². The zero-order chi connectivity index (χ0) is 27.9. The molecule has 2 N–H and O–H groups in total. The fraction of sp³-hybridized carbons (Fsp3) is 0.464. The van der Waals surface area contributed by atoms with Gasteiger partial charge in [-0.2, -0.15) is 0 Å². The summed E-state index contributed by atoms with van der Waals surface area (Å²) in [5.74, 6) is -2.66. The first-order chi connectivity index (χ1) is 17.3. The summed E-state index contributed by atoms with van der Waals surface area (Å²) in [7, 11) is 1.50. The predicted octanol–water partition coefficient (Wildman–Crippen LogP) is 2.51. The van der Waals surface area contributed by atoms with Crippen molar-refractivity contribution in [1.29, 1.82) is 0 Å². The first-order valence-electron chi connectivity index (χ1n) is 12.3. The number of benzene rings is 1. The number of carbonyl (C=O) groups excluding carboxylic acids is 5. The maximum Gasteiger partial charge on any atom is 0.326 e. The van der Waals surface area contributed by atoms with E-state index in [1.54, 1.807) is 58.9 Å². The van der Waals surface area contributed by atoms with Gasteiger partial charge in [-0.15, -0.1) is 0 Å². The maximum atomic E-state index is 12.9. The van der Waals surface area contributed by atoms with Gasteiger partial charge in [-0.05, 0) is 30.9 Å². The Morgan fingerprint density at radius 3 is 2.27 bits per heavy atom. The third kappa shape index (κ3) is 7.87. The highest BCUT2D eigenvalue weighted by atomic mass is 16.5. The normalized spacial score (nSPS) is 25.1. The minimum atomic E-state index is -0.857. The Bertz CT molecular complexity index is 1080. The molecule has 0 unspecified atom stereocenters. The van der Waals surface area contributed by atoms with Gasteiger partial charge in [0.05, 0.1) is 0 Å². The van der Waals surface area contributed by atoms with Crippen molar-refractivity contribution in [2.75, 3.05) is 13.6 Å². The molecule has 0 aliphatic carbocycles. The molecule has 3 amide bonds. The van der Waals surface area contributed by atoms with Gasteiger partial charge in [-0.25, -0.2) is 0 Å². The van der Waals surface area contributed by atoms with Gasteiger partial charge in [0.25, 0.3) is 0 Å². The highest BCUT2D eigenvalue weighted by molar-refractivity contribution is 5.93. The second-order valence-corrected chi connectivity index (χ2v) is 9.85. The van der Waals surface area contributed by atoms with Gasteiger partial charge in [0.1, 0.15) is 31.0 Å². The number of aldehydes is 1. The Morgan fingerprint density at radius 2 is 1.70 bits per heavy atom. The number of hydrogen-bond acceptors (Lipinski definition) is 6. The molecule has 1 heterocycles. The summed E-state index contributed by atoms with van der Waals surface area (Å²) in [6, 6.07) is 5.21. The minimum Gasteiger partial charge on any atom is -0.456 e. The lowest BCUT2D eigenvalue weighted by Gasteiger charge is -2.32. The number of likely N-dealkylation sites (N-methyl/N-ethyl adjacent to an activating group) is 1. The number of cyclic esters (lactones) is 1. The fourth-order valence-electron chi connectivity index (χ4n) is 4.36. The number of ether oxygens (including phenoxy) is 1. The molecule has 1 aliphatic rings. The molecular weight excluding hydrogens is 474 g/mol. The lowest BCUT2D eigenvalue weighted by atomic mass is 9.88. The zero-order valence-electron chi connectivity index (χ0n) is 22.4. The number of amides is 3. The lowest BCUT2D eigenvalue weighted by molar-refractivity contribution is -0.149. The van der Waals surface area contributed by atoms with Crippen LogP contribution in [0.25, 0.3) is 6.08 Å². The van der Waals surface area contributed by atoms with E-state index in [0.717, 1.165) is 11.8 Å². The average Bonchev–Trinajstić information content (AvgIpc) is 2.84. The molecule has 0 spiro atoms. The highest BCUT2D eigenvalue weighted by Gasteiger charge is 2.34. The Kier molecular flexibility index (Phi) is 10.3. The number of rotatable bonds is 4. The van der Waals surface area contributed by atoms with Crippen molar-refractivity contribution in [3.63, 3.8) is 0 Å². The van der Waals surface area contributed by atoms with Gasteiger partial charge in [0, 0.05) is 24.9 Å². The Hall–Kier alpha value is -3.75. The van der Waals surface area contributed by atoms with Crippen molar-refractivity contribution in [2.45, 2.75) is 59.2 Å². The number of carbonyl (C=O) groups is 5. The van der Waals surface area contributed by atoms with E-state index in [-0.39, 0.29) is 18.9 Å². The molecule has 200 valence electrons. The van der Waals surface area contributed by atoms with Crippen LogP contribution in [0.5, 0.6) is 0 Å². The minimum absolute atomic E-state index is 0.0668. The van der Waals surface area contributed by atoms with E-state index in [4.69, 9.17) is 4.74 Å². The second kappa shape index (κ2) is 13.0. The third-order valence-electron chi connectivity index (χ3n) is 6.48. The van der Waals surface area contributed by atoms with Gasteiger partial charge in [0.15, 0.2) is 0 Å². The summed E-state index contributed by atoms with van der Waals surface area (Å²) in [5.41, 5.74) is 2.55. The van der Waals surface area contributed by atoms with E-state index >= 15 is 0 Å². The summed E-state index contributed by atoms with van der Waals surface area (Å²) in [4.78, 5) is 63.7. The predicted molar refractivity (Wildman–Crippen MR) is 140 cm³/mol. The smallest absolute Gasteiger partial charge is 0.326 e. The van der Waals surface area contributed by atoms with Crippen LogP contribution in [0.1, 0.15) is 57.0 Å². The van der Waals surface area contributed by atoms with Crippen LogP contribution in [0.3, 0.4) is 0 Å². The van der Waals surface area contributed by atoms with Crippen LogP contribution < -0.4 is 10.6 Å². The van der Waals surface area contributed by atoms with E-state index in [1.165, 1.54) is 11.9 Å². The Morgan fingerprint density at radius 1 is 1.11 bits per heavy atom. The summed E-state index contributed by atoms with van der Waals surface area (Å²) >= 11 is 0. The number of nitrogens with zero attached hydrogens (tertiary/aromatic N) is 1. The van der Waals surface area contributed by atoms with E-state index < -0.39 is 47.8 Å². The van der Waals surface area contributed by atoms with E-state index in [0.29, 0.717) is 16.7 Å². The van der Waals surface area contributed by atoms with Crippen LogP contribution in [0.2, 0.25) is 0 Å². The van der Waals surface area contributed by atoms with Crippen LogP contribution in [-0.4, -0.2) is 66.7 Å². The summed E-state index contributed by atoms with van der Waals surface area (Å²) in [5, 5.41) is 5.27. The largest absolute Gasteiger partial charge is 0.456 e. The lowest BCUT2D eigenvalue weighted by Crippen LogP contribution is -2.55. The molecule has 0 radical (unpaired) electrons. The quantitative estimate of drug-likeness (QED) is 0.364. The van der Waals surface area contributed by atoms with Crippen LogP contribution in [0.15, 0.2) is 42.0 Å². The molecule has 0 aromatic heterocycles. The first-order valence-corrected chi connectivity index (χ1v) is 12.3. The SMILES string of the molecule is C=C1CC(=O)N[C@@H](C)C(=O)N(C)[C@@H](C(C)C)C(=O)NCC(=O)O[C@@H](/C(C)=C/c2ccc(C=O)cc2)[C@@H]1C. The summed E-state index contributed by atoms with van der Waals surface area (Å²) in [6.07, 6.45) is 1.75. The molecule has 1 aromatic carbocycles. The standard InChI is InChI=1S/C28H37N3O6/c1-16(2)25-27(35)29-14-24(34)37-26(18(4)12-21-8-10-22(15-32)11-9-21)19(5)17(3)13-23(33)30-20(6)28(36)31(25)7/h8-12,15-16,19-20,25-26H,3,13-14H2,1-2,4-7H3,(H,29,35)(H,30,33)/b18-12+/t19-,20+,25+,26+/m1/s1. The molecule has 9 nitrogen and oxygen atoms in total. The van der Waals surface area contributed by atoms with Crippen molar-refractivity contribution in [3.05, 3.63) is 53.1 Å². The van der Waals surface area contributed by atoms with Crippen LogP contribution >= 0.6 is 0 Å². The van der Waals surface area contributed by atoms with Gasteiger partial charge in [0.2, 0.25) is 17.7 Å². The van der Waals surface area contributed by atoms with Crippen LogP contribution in [0, 0.1) is 11.8 Å². The van der Waals surface area contributed by atoms with Crippen LogP contribution in [0.4, 0.5) is 0 Å². The van der Waals surface area contributed by atoms with Crippen molar-refractivity contribution in [3.8, 4) is 0 Å². The molecule has 1 saturated heterocycles. The van der Waals surface area contributed by atoms with Crippen molar-refractivity contribution in [1.82, 2.24) is 15.5 Å². The molecule has 9 heteroatoms. The Labute approximate surface area is 218 Å². The van der Waals surface area contributed by atoms with Gasteiger partial charge >= 0.3 is 5.97 Å². The van der Waals surface area contributed by atoms with E-state index in [1.807, 2.05) is 6.08 Å². The molecule has 37 heavy (non-hydrogen) atoms. The molecule has 0 bridgehead atoms. The van der Waals surface area contributed by atoms with E-state index in [2.05, 4.69) is 17.2 Å².